The zero-order valence-electron chi connectivity index (χ0n) is 10.2. The molecule has 98 valence electrons. The van der Waals surface area contributed by atoms with Crippen LogP contribution >= 0.6 is 27.5 Å². The van der Waals surface area contributed by atoms with E-state index in [1.165, 1.54) is 11.6 Å². The van der Waals surface area contributed by atoms with E-state index in [1.54, 1.807) is 12.1 Å². The molecule has 0 heterocycles. The predicted octanol–water partition coefficient (Wildman–Crippen LogP) is 5.60. The molecule has 3 heteroatoms. The van der Waals surface area contributed by atoms with Gasteiger partial charge in [0.05, 0.1) is 9.85 Å². The third-order valence-electron chi connectivity index (χ3n) is 3.86. The van der Waals surface area contributed by atoms with Gasteiger partial charge in [0.15, 0.2) is 0 Å². The highest BCUT2D eigenvalue weighted by Gasteiger charge is 2.50. The number of halogens is 3. The molecule has 19 heavy (non-hydrogen) atoms. The van der Waals surface area contributed by atoms with Crippen molar-refractivity contribution in [1.82, 2.24) is 0 Å². The highest BCUT2D eigenvalue weighted by Crippen LogP contribution is 2.59. The minimum Gasteiger partial charge on any atom is -0.206 e. The lowest BCUT2D eigenvalue weighted by Crippen LogP contribution is -2.14. The molecule has 1 fully saturated rings. The van der Waals surface area contributed by atoms with Crippen molar-refractivity contribution in [3.8, 4) is 0 Å². The van der Waals surface area contributed by atoms with Gasteiger partial charge in [0.2, 0.25) is 0 Å². The van der Waals surface area contributed by atoms with Gasteiger partial charge in [-0.25, -0.2) is 4.39 Å². The molecule has 1 atom stereocenters. The Morgan fingerprint density at radius 2 is 1.79 bits per heavy atom. The normalized spacial score (nSPS) is 18.1. The van der Waals surface area contributed by atoms with E-state index >= 15 is 0 Å². The lowest BCUT2D eigenvalue weighted by Gasteiger charge is -2.22. The first-order valence-corrected chi connectivity index (χ1v) is 7.51. The minimum atomic E-state index is -0.253. The van der Waals surface area contributed by atoms with Crippen LogP contribution in [0.1, 0.15) is 29.3 Å². The summed E-state index contributed by atoms with van der Waals surface area (Å²) in [5.41, 5.74) is 2.26. The standard InChI is InChI=1S/C16H13BrClF/c17-13-10-11(6-7-14(13)19)15(18)16(8-9-16)12-4-2-1-3-5-12/h1-7,10,15H,8-9H2. The quantitative estimate of drug-likeness (QED) is 0.639. The van der Waals surface area contributed by atoms with Crippen LogP contribution in [0.25, 0.3) is 0 Å². The lowest BCUT2D eigenvalue weighted by atomic mass is 9.88. The van der Waals surface area contributed by atoms with Crippen molar-refractivity contribution in [3.05, 3.63) is 69.9 Å². The van der Waals surface area contributed by atoms with Crippen molar-refractivity contribution in [3.63, 3.8) is 0 Å². The fourth-order valence-electron chi connectivity index (χ4n) is 2.58. The first-order chi connectivity index (χ1) is 9.13. The molecular formula is C16H13BrClF. The van der Waals surface area contributed by atoms with Crippen molar-refractivity contribution >= 4 is 27.5 Å². The molecule has 0 saturated heterocycles. The van der Waals surface area contributed by atoms with Gasteiger partial charge < -0.3 is 0 Å². The van der Waals surface area contributed by atoms with Crippen molar-refractivity contribution in [2.24, 2.45) is 0 Å². The van der Waals surface area contributed by atoms with E-state index in [0.717, 1.165) is 18.4 Å². The Morgan fingerprint density at radius 1 is 1.11 bits per heavy atom. The molecule has 0 spiro atoms. The summed E-state index contributed by atoms with van der Waals surface area (Å²) in [4.78, 5) is 0. The molecule has 2 aromatic carbocycles. The zero-order chi connectivity index (χ0) is 13.5. The molecule has 0 N–H and O–H groups in total. The largest absolute Gasteiger partial charge is 0.206 e. The predicted molar refractivity (Wildman–Crippen MR) is 80.0 cm³/mol. The number of hydrogen-bond donors (Lipinski definition) is 0. The Hall–Kier alpha value is -0.860. The maximum atomic E-state index is 13.3. The summed E-state index contributed by atoms with van der Waals surface area (Å²) in [6.07, 6.45) is 2.17. The Labute approximate surface area is 125 Å². The summed E-state index contributed by atoms with van der Waals surface area (Å²) in [6.45, 7) is 0. The monoisotopic (exact) mass is 338 g/mol. The molecular weight excluding hydrogens is 327 g/mol. The van der Waals surface area contributed by atoms with E-state index in [2.05, 4.69) is 28.1 Å². The van der Waals surface area contributed by atoms with Crippen molar-refractivity contribution in [2.45, 2.75) is 23.6 Å². The smallest absolute Gasteiger partial charge is 0.137 e. The van der Waals surface area contributed by atoms with Gasteiger partial charge in [-0.3, -0.25) is 0 Å². The number of hydrogen-bond acceptors (Lipinski definition) is 0. The van der Waals surface area contributed by atoms with E-state index in [-0.39, 0.29) is 16.6 Å². The fourth-order valence-corrected chi connectivity index (χ4v) is 3.46. The van der Waals surface area contributed by atoms with E-state index in [9.17, 15) is 4.39 Å². The topological polar surface area (TPSA) is 0 Å². The van der Waals surface area contributed by atoms with Crippen LogP contribution in [-0.4, -0.2) is 0 Å². The first kappa shape index (κ1) is 13.1. The van der Waals surface area contributed by atoms with E-state index in [4.69, 9.17) is 11.6 Å². The second-order valence-electron chi connectivity index (χ2n) is 5.06. The highest BCUT2D eigenvalue weighted by atomic mass is 79.9. The van der Waals surface area contributed by atoms with Crippen molar-refractivity contribution in [2.75, 3.05) is 0 Å². The summed E-state index contributed by atoms with van der Waals surface area (Å²) in [7, 11) is 0. The molecule has 2 aromatic rings. The molecule has 3 rings (SSSR count). The Bertz CT molecular complexity index is 593. The highest BCUT2D eigenvalue weighted by molar-refractivity contribution is 9.10. The molecule has 1 saturated carbocycles. The molecule has 0 bridgehead atoms. The van der Waals surface area contributed by atoms with Gasteiger partial charge in [0.1, 0.15) is 5.82 Å². The average Bonchev–Trinajstić information content (AvgIpc) is 3.24. The zero-order valence-corrected chi connectivity index (χ0v) is 12.6. The molecule has 0 amide bonds. The van der Waals surface area contributed by atoms with Gasteiger partial charge in [0, 0.05) is 5.41 Å². The maximum absolute atomic E-state index is 13.3. The van der Waals surface area contributed by atoms with Crippen molar-refractivity contribution in [1.29, 1.82) is 0 Å². The van der Waals surface area contributed by atoms with E-state index < -0.39 is 0 Å². The van der Waals surface area contributed by atoms with Gasteiger partial charge in [-0.15, -0.1) is 11.6 Å². The summed E-state index contributed by atoms with van der Waals surface area (Å²) in [5, 5.41) is -0.119. The van der Waals surface area contributed by atoms with Gasteiger partial charge in [-0.05, 0) is 52.0 Å². The second-order valence-corrected chi connectivity index (χ2v) is 6.35. The summed E-state index contributed by atoms with van der Waals surface area (Å²) in [6, 6.07) is 15.4. The molecule has 0 nitrogen and oxygen atoms in total. The van der Waals surface area contributed by atoms with Gasteiger partial charge >= 0.3 is 0 Å². The Kier molecular flexibility index (Phi) is 3.40. The van der Waals surface area contributed by atoms with Crippen LogP contribution in [0.5, 0.6) is 0 Å². The van der Waals surface area contributed by atoms with Crippen LogP contribution in [0.15, 0.2) is 53.0 Å². The van der Waals surface area contributed by atoms with Crippen LogP contribution in [-0.2, 0) is 5.41 Å². The fraction of sp³-hybridized carbons (Fsp3) is 0.250. The number of benzene rings is 2. The molecule has 0 aliphatic heterocycles. The van der Waals surface area contributed by atoms with Crippen LogP contribution in [0, 0.1) is 5.82 Å². The Morgan fingerprint density at radius 3 is 2.37 bits per heavy atom. The molecule has 0 radical (unpaired) electrons. The van der Waals surface area contributed by atoms with Crippen LogP contribution in [0.3, 0.4) is 0 Å². The average molecular weight is 340 g/mol. The molecule has 0 aromatic heterocycles. The van der Waals surface area contributed by atoms with Gasteiger partial charge in [-0.2, -0.15) is 0 Å². The van der Waals surface area contributed by atoms with Crippen LogP contribution in [0.2, 0.25) is 0 Å². The number of rotatable bonds is 3. The maximum Gasteiger partial charge on any atom is 0.137 e. The third kappa shape index (κ3) is 2.32. The first-order valence-electron chi connectivity index (χ1n) is 6.28. The van der Waals surface area contributed by atoms with E-state index in [0.29, 0.717) is 4.47 Å². The molecule has 1 unspecified atom stereocenters. The van der Waals surface area contributed by atoms with Crippen molar-refractivity contribution < 1.29 is 4.39 Å². The third-order valence-corrected chi connectivity index (χ3v) is 5.14. The second kappa shape index (κ2) is 4.92. The Balaban J connectivity index is 1.96. The summed E-state index contributed by atoms with van der Waals surface area (Å²) >= 11 is 9.90. The van der Waals surface area contributed by atoms with E-state index in [1.807, 2.05) is 18.2 Å². The van der Waals surface area contributed by atoms with Crippen LogP contribution < -0.4 is 0 Å². The summed E-state index contributed by atoms with van der Waals surface area (Å²) in [5.74, 6) is -0.253. The van der Waals surface area contributed by atoms with Crippen LogP contribution in [0.4, 0.5) is 4.39 Å². The molecule has 1 aliphatic rings. The number of alkyl halides is 1. The SMILES string of the molecule is Fc1ccc(C(Cl)C2(c3ccccc3)CC2)cc1Br. The van der Waals surface area contributed by atoms with Gasteiger partial charge in [0.25, 0.3) is 0 Å². The minimum absolute atomic E-state index is 0.0140. The lowest BCUT2D eigenvalue weighted by molar-refractivity contribution is 0.615. The summed E-state index contributed by atoms with van der Waals surface area (Å²) < 4.78 is 13.8. The molecule has 1 aliphatic carbocycles. The van der Waals surface area contributed by atoms with Gasteiger partial charge in [-0.1, -0.05) is 36.4 Å².